The van der Waals surface area contributed by atoms with Crippen molar-refractivity contribution in [3.8, 4) is 0 Å². The van der Waals surface area contributed by atoms with Crippen LogP contribution in [0.5, 0.6) is 0 Å². The normalized spacial score (nSPS) is 7.58. The van der Waals surface area contributed by atoms with E-state index < -0.39 is 0 Å². The van der Waals surface area contributed by atoms with Crippen LogP contribution in [0.4, 0.5) is 0 Å². The van der Waals surface area contributed by atoms with E-state index in [1.54, 1.807) is 0 Å². The van der Waals surface area contributed by atoms with Gasteiger partial charge in [-0.3, -0.25) is 0 Å². The predicted octanol–water partition coefficient (Wildman–Crippen LogP) is 3.87. The van der Waals surface area contributed by atoms with Crippen LogP contribution >= 0.6 is 15.9 Å². The maximum absolute atomic E-state index is 3.60. The monoisotopic (exact) mass is 276 g/mol. The summed E-state index contributed by atoms with van der Waals surface area (Å²) in [5.74, 6) is 0. The number of hydrogen-bond donors (Lipinski definition) is 0. The molecule has 0 bridgehead atoms. The minimum atomic E-state index is 0. The Morgan fingerprint density at radius 2 is 1.83 bits per heavy atom. The van der Waals surface area contributed by atoms with Gasteiger partial charge in [0.2, 0.25) is 0 Å². The van der Waals surface area contributed by atoms with Crippen molar-refractivity contribution in [3.63, 3.8) is 0 Å². The fourth-order valence-corrected chi connectivity index (χ4v) is 0.631. The van der Waals surface area contributed by atoms with E-state index in [0.29, 0.717) is 0 Å². The molecule has 0 radical (unpaired) electrons. The Labute approximate surface area is 96.6 Å². The van der Waals surface area contributed by atoms with Crippen LogP contribution in [0.25, 0.3) is 0 Å². The van der Waals surface area contributed by atoms with E-state index in [1.807, 2.05) is 24.3 Å². The van der Waals surface area contributed by atoms with E-state index >= 15 is 0 Å². The SMILES string of the molecule is Brc1cc[c-]cc1.[CH2-]CCC.[Zn+2]. The molecule has 0 aromatic heterocycles. The van der Waals surface area contributed by atoms with Crippen LogP contribution in [-0.4, -0.2) is 0 Å². The zero-order chi connectivity index (χ0) is 8.53. The largest absolute Gasteiger partial charge is 2.00 e. The average molecular weight is 279 g/mol. The average Bonchev–Trinajstić information content (AvgIpc) is 2.07. The van der Waals surface area contributed by atoms with Gasteiger partial charge in [0.25, 0.3) is 0 Å². The summed E-state index contributed by atoms with van der Waals surface area (Å²) in [6.07, 6.45) is 2.28. The summed E-state index contributed by atoms with van der Waals surface area (Å²) in [6, 6.07) is 10.5. The van der Waals surface area contributed by atoms with Gasteiger partial charge in [0.15, 0.2) is 0 Å². The molecule has 0 spiro atoms. The maximum atomic E-state index is 3.60. The summed E-state index contributed by atoms with van der Waals surface area (Å²) >= 11 is 3.29. The van der Waals surface area contributed by atoms with Crippen molar-refractivity contribution in [3.05, 3.63) is 41.7 Å². The molecule has 1 aromatic carbocycles. The first kappa shape index (κ1) is 14.8. The first-order chi connectivity index (χ1) is 5.31. The van der Waals surface area contributed by atoms with E-state index in [0.717, 1.165) is 10.9 Å². The van der Waals surface area contributed by atoms with Gasteiger partial charge in [0.05, 0.1) is 0 Å². The van der Waals surface area contributed by atoms with Gasteiger partial charge in [-0.25, -0.2) is 0 Å². The molecule has 0 aliphatic heterocycles. The van der Waals surface area contributed by atoms with Gasteiger partial charge >= 0.3 is 19.5 Å². The molecular weight excluding hydrogens is 265 g/mol. The molecule has 2 heteroatoms. The van der Waals surface area contributed by atoms with Crippen LogP contribution in [0.2, 0.25) is 0 Å². The Bertz CT molecular complexity index is 161. The number of rotatable bonds is 1. The third-order valence-corrected chi connectivity index (χ3v) is 1.56. The second-order valence-corrected chi connectivity index (χ2v) is 2.99. The molecule has 0 aliphatic rings. The number of halogens is 1. The molecule has 0 heterocycles. The molecule has 0 unspecified atom stereocenters. The molecule has 0 fully saturated rings. The molecule has 1 rings (SSSR count). The third-order valence-electron chi connectivity index (χ3n) is 1.03. The topological polar surface area (TPSA) is 0 Å². The summed E-state index contributed by atoms with van der Waals surface area (Å²) < 4.78 is 1.10. The second kappa shape index (κ2) is 11.3. The summed E-state index contributed by atoms with van der Waals surface area (Å²) in [4.78, 5) is 0. The van der Waals surface area contributed by atoms with Gasteiger partial charge < -0.3 is 6.92 Å². The van der Waals surface area contributed by atoms with Gasteiger partial charge in [-0.05, 0) is 0 Å². The van der Waals surface area contributed by atoms with Crippen molar-refractivity contribution < 1.29 is 19.5 Å². The second-order valence-electron chi connectivity index (χ2n) is 2.07. The number of hydrogen-bond acceptors (Lipinski definition) is 0. The van der Waals surface area contributed by atoms with Crippen molar-refractivity contribution in [1.82, 2.24) is 0 Å². The third kappa shape index (κ3) is 10.3. The summed E-state index contributed by atoms with van der Waals surface area (Å²) in [6.45, 7) is 5.72. The van der Waals surface area contributed by atoms with Gasteiger partial charge in [-0.2, -0.15) is 36.8 Å². The van der Waals surface area contributed by atoms with Crippen LogP contribution in [0.3, 0.4) is 0 Å². The minimum Gasteiger partial charge on any atom is -0.343 e. The molecular formula is C10H13BrZn. The molecule has 0 aliphatic carbocycles. The zero-order valence-corrected chi connectivity index (χ0v) is 12.1. The van der Waals surface area contributed by atoms with Gasteiger partial charge in [0, 0.05) is 0 Å². The van der Waals surface area contributed by atoms with Crippen LogP contribution < -0.4 is 0 Å². The Hall–Kier alpha value is 0.323. The Balaban J connectivity index is 0. The van der Waals surface area contributed by atoms with Gasteiger partial charge in [-0.15, -0.1) is 0 Å². The zero-order valence-electron chi connectivity index (χ0n) is 7.52. The fraction of sp³-hybridized carbons (Fsp3) is 0.300. The van der Waals surface area contributed by atoms with Crippen molar-refractivity contribution in [2.45, 2.75) is 19.8 Å². The van der Waals surface area contributed by atoms with E-state index in [9.17, 15) is 0 Å². The Morgan fingerprint density at radius 1 is 1.42 bits per heavy atom. The standard InChI is InChI=1S/C6H4Br.C4H9.Zn/c7-6-4-2-1-3-5-6;1-3-4-2;/h2-5H;1,3-4H2,2H3;/q2*-1;+2. The van der Waals surface area contributed by atoms with E-state index in [2.05, 4.69) is 35.8 Å². The summed E-state index contributed by atoms with van der Waals surface area (Å²) in [5, 5.41) is 0. The van der Waals surface area contributed by atoms with Gasteiger partial charge in [-0.1, -0.05) is 33.7 Å². The number of benzene rings is 1. The molecule has 0 saturated carbocycles. The van der Waals surface area contributed by atoms with E-state index in [1.165, 1.54) is 6.42 Å². The first-order valence-corrected chi connectivity index (χ1v) is 4.51. The van der Waals surface area contributed by atoms with Crippen LogP contribution in [0.15, 0.2) is 28.7 Å². The Morgan fingerprint density at radius 3 is 2.00 bits per heavy atom. The minimum absolute atomic E-state index is 0. The van der Waals surface area contributed by atoms with Crippen molar-refractivity contribution in [2.75, 3.05) is 0 Å². The maximum Gasteiger partial charge on any atom is 2.00 e. The van der Waals surface area contributed by atoms with Crippen molar-refractivity contribution >= 4 is 15.9 Å². The van der Waals surface area contributed by atoms with Crippen LogP contribution in [0.1, 0.15) is 19.8 Å². The smallest absolute Gasteiger partial charge is 0.343 e. The Kier molecular flexibility index (Phi) is 14.0. The molecule has 0 nitrogen and oxygen atoms in total. The molecule has 0 N–H and O–H groups in total. The summed E-state index contributed by atoms with van der Waals surface area (Å²) in [7, 11) is 0. The van der Waals surface area contributed by atoms with Crippen molar-refractivity contribution in [1.29, 1.82) is 0 Å². The van der Waals surface area contributed by atoms with Gasteiger partial charge in [0.1, 0.15) is 0 Å². The van der Waals surface area contributed by atoms with E-state index in [-0.39, 0.29) is 19.5 Å². The molecule has 62 valence electrons. The molecule has 1 aromatic rings. The molecule has 0 amide bonds. The fourth-order valence-electron chi connectivity index (χ4n) is 0.367. The number of unbranched alkanes of at least 4 members (excludes halogenated alkanes) is 1. The quantitative estimate of drug-likeness (QED) is 0.540. The van der Waals surface area contributed by atoms with E-state index in [4.69, 9.17) is 0 Å². The first-order valence-electron chi connectivity index (χ1n) is 3.72. The predicted molar refractivity (Wildman–Crippen MR) is 53.2 cm³/mol. The van der Waals surface area contributed by atoms with Crippen LogP contribution in [-0.2, 0) is 19.5 Å². The summed E-state index contributed by atoms with van der Waals surface area (Å²) in [5.41, 5.74) is 0. The molecule has 0 saturated heterocycles. The molecule has 0 atom stereocenters. The van der Waals surface area contributed by atoms with Crippen molar-refractivity contribution in [2.24, 2.45) is 0 Å². The van der Waals surface area contributed by atoms with Crippen LogP contribution in [0, 0.1) is 13.0 Å². The molecule has 12 heavy (non-hydrogen) atoms.